The molecule has 0 aromatic carbocycles. The molecule has 4 heterocycles. The highest BCUT2D eigenvalue weighted by atomic mass is 16.5. The maximum atomic E-state index is 12.5. The molecule has 1 aromatic heterocycles. The number of hydrogen-bond donors (Lipinski definition) is 0. The largest absolute Gasteiger partial charge is 0.375 e. The Morgan fingerprint density at radius 1 is 1.00 bits per heavy atom. The van der Waals surface area contributed by atoms with Gasteiger partial charge in [0.1, 0.15) is 0 Å². The Hall–Kier alpha value is -1.95. The summed E-state index contributed by atoms with van der Waals surface area (Å²) in [7, 11) is 0. The summed E-state index contributed by atoms with van der Waals surface area (Å²) in [5, 5.41) is 0. The molecule has 2 atom stereocenters. The molecule has 0 saturated carbocycles. The first-order valence-corrected chi connectivity index (χ1v) is 9.75. The number of carbonyl (C=O) groups is 2. The Morgan fingerprint density at radius 3 is 2.19 bits per heavy atom. The van der Waals surface area contributed by atoms with Gasteiger partial charge in [-0.3, -0.25) is 14.6 Å². The number of fused-ring (bicyclic) bond motifs is 2. The average Bonchev–Trinajstić information content (AvgIpc) is 2.94. The highest BCUT2D eigenvalue weighted by Crippen LogP contribution is 2.37. The van der Waals surface area contributed by atoms with E-state index in [2.05, 4.69) is 9.88 Å². The molecule has 0 N–H and O–H groups in total. The summed E-state index contributed by atoms with van der Waals surface area (Å²) in [5.41, 5.74) is 0.701. The minimum absolute atomic E-state index is 0.0821. The number of aromatic nitrogens is 1. The molecule has 2 unspecified atom stereocenters. The Labute approximate surface area is 154 Å². The van der Waals surface area contributed by atoms with Crippen molar-refractivity contribution in [2.24, 2.45) is 0 Å². The predicted molar refractivity (Wildman–Crippen MR) is 96.6 cm³/mol. The van der Waals surface area contributed by atoms with E-state index in [1.807, 2.05) is 4.90 Å². The highest BCUT2D eigenvalue weighted by molar-refractivity contribution is 5.94. The lowest BCUT2D eigenvalue weighted by Gasteiger charge is -2.41. The number of pyridine rings is 1. The van der Waals surface area contributed by atoms with E-state index < -0.39 is 0 Å². The fourth-order valence-corrected chi connectivity index (χ4v) is 4.90. The van der Waals surface area contributed by atoms with Crippen LogP contribution < -0.4 is 0 Å². The summed E-state index contributed by atoms with van der Waals surface area (Å²) in [6.45, 7) is 3.16. The highest BCUT2D eigenvalue weighted by Gasteiger charge is 2.43. The van der Waals surface area contributed by atoms with Crippen molar-refractivity contribution in [3.8, 4) is 0 Å². The van der Waals surface area contributed by atoms with Crippen molar-refractivity contribution in [3.63, 3.8) is 0 Å². The Balaban J connectivity index is 1.27. The summed E-state index contributed by atoms with van der Waals surface area (Å²) < 4.78 is 6.39. The normalized spacial score (nSPS) is 29.0. The number of rotatable bonds is 3. The lowest BCUT2D eigenvalue weighted by Crippen LogP contribution is -2.49. The molecule has 0 spiro atoms. The molecule has 2 amide bonds. The minimum Gasteiger partial charge on any atom is -0.375 e. The molecule has 3 aliphatic heterocycles. The number of piperidine rings is 2. The van der Waals surface area contributed by atoms with Gasteiger partial charge in [-0.05, 0) is 50.7 Å². The average molecular weight is 357 g/mol. The van der Waals surface area contributed by atoms with Gasteiger partial charge in [0.25, 0.3) is 5.91 Å². The molecule has 3 fully saturated rings. The summed E-state index contributed by atoms with van der Waals surface area (Å²) in [4.78, 5) is 32.3. The van der Waals surface area contributed by atoms with Crippen LogP contribution in [0, 0.1) is 0 Å². The van der Waals surface area contributed by atoms with E-state index in [1.165, 1.54) is 0 Å². The quantitative estimate of drug-likeness (QED) is 0.832. The summed E-state index contributed by atoms with van der Waals surface area (Å²) in [6.07, 6.45) is 9.73. The van der Waals surface area contributed by atoms with Gasteiger partial charge in [-0.1, -0.05) is 0 Å². The molecule has 2 bridgehead atoms. The van der Waals surface area contributed by atoms with Gasteiger partial charge in [0.15, 0.2) is 0 Å². The zero-order valence-electron chi connectivity index (χ0n) is 15.3. The first-order chi connectivity index (χ1) is 12.6. The third-order valence-corrected chi connectivity index (χ3v) is 6.09. The molecule has 6 nitrogen and oxygen atoms in total. The molecule has 0 radical (unpaired) electrons. The summed E-state index contributed by atoms with van der Waals surface area (Å²) >= 11 is 0. The van der Waals surface area contributed by atoms with Gasteiger partial charge in [-0.15, -0.1) is 0 Å². The van der Waals surface area contributed by atoms with Crippen molar-refractivity contribution < 1.29 is 14.3 Å². The van der Waals surface area contributed by atoms with Crippen LogP contribution in [0.25, 0.3) is 0 Å². The van der Waals surface area contributed by atoms with E-state index in [1.54, 1.807) is 31.5 Å². The van der Waals surface area contributed by atoms with E-state index in [9.17, 15) is 9.59 Å². The van der Waals surface area contributed by atoms with Crippen molar-refractivity contribution in [2.75, 3.05) is 13.1 Å². The minimum atomic E-state index is 0.0821. The van der Waals surface area contributed by atoms with Crippen LogP contribution >= 0.6 is 0 Å². The van der Waals surface area contributed by atoms with Crippen molar-refractivity contribution in [1.82, 2.24) is 14.8 Å². The molecule has 140 valence electrons. The smallest absolute Gasteiger partial charge is 0.253 e. The fourth-order valence-electron chi connectivity index (χ4n) is 4.90. The van der Waals surface area contributed by atoms with Crippen LogP contribution in [0.3, 0.4) is 0 Å². The van der Waals surface area contributed by atoms with Crippen LogP contribution in [0.1, 0.15) is 55.8 Å². The second-order valence-electron chi connectivity index (χ2n) is 7.77. The lowest BCUT2D eigenvalue weighted by molar-refractivity contribution is -0.138. The van der Waals surface area contributed by atoms with Crippen LogP contribution in [0.5, 0.6) is 0 Å². The number of hydrogen-bond acceptors (Lipinski definition) is 4. The first-order valence-electron chi connectivity index (χ1n) is 9.75. The van der Waals surface area contributed by atoms with E-state index in [0.717, 1.165) is 51.6 Å². The zero-order valence-corrected chi connectivity index (χ0v) is 15.3. The maximum Gasteiger partial charge on any atom is 0.253 e. The van der Waals surface area contributed by atoms with E-state index in [-0.39, 0.29) is 24.0 Å². The Bertz CT molecular complexity index is 644. The van der Waals surface area contributed by atoms with Gasteiger partial charge in [0.05, 0.1) is 12.2 Å². The Morgan fingerprint density at radius 2 is 1.62 bits per heavy atom. The second-order valence-corrected chi connectivity index (χ2v) is 7.77. The number of amides is 2. The SMILES string of the molecule is CC(=O)N1C2CCC1CC(OC1CCN(C(=O)c3ccncc3)CC1)C2. The van der Waals surface area contributed by atoms with Crippen LogP contribution in [-0.4, -0.2) is 64.0 Å². The molecule has 3 saturated heterocycles. The van der Waals surface area contributed by atoms with Crippen molar-refractivity contribution in [3.05, 3.63) is 30.1 Å². The van der Waals surface area contributed by atoms with Crippen molar-refractivity contribution >= 4 is 11.8 Å². The molecular formula is C20H27N3O3. The van der Waals surface area contributed by atoms with Gasteiger partial charge in [0.2, 0.25) is 5.91 Å². The van der Waals surface area contributed by atoms with Crippen molar-refractivity contribution in [2.45, 2.75) is 69.7 Å². The third kappa shape index (κ3) is 3.47. The molecule has 4 rings (SSSR count). The summed E-state index contributed by atoms with van der Waals surface area (Å²) in [6, 6.07) is 4.27. The van der Waals surface area contributed by atoms with E-state index in [4.69, 9.17) is 4.74 Å². The molecule has 1 aromatic rings. The monoisotopic (exact) mass is 357 g/mol. The van der Waals surface area contributed by atoms with Gasteiger partial charge in [-0.2, -0.15) is 0 Å². The van der Waals surface area contributed by atoms with Gasteiger partial charge in [-0.25, -0.2) is 0 Å². The number of likely N-dealkylation sites (tertiary alicyclic amines) is 1. The first kappa shape index (κ1) is 17.5. The lowest BCUT2D eigenvalue weighted by atomic mass is 9.98. The third-order valence-electron chi connectivity index (χ3n) is 6.09. The summed E-state index contributed by atoms with van der Waals surface area (Å²) in [5.74, 6) is 0.289. The Kier molecular flexibility index (Phi) is 4.94. The molecular weight excluding hydrogens is 330 g/mol. The number of ether oxygens (including phenoxy) is 1. The van der Waals surface area contributed by atoms with Crippen LogP contribution in [0.2, 0.25) is 0 Å². The second kappa shape index (κ2) is 7.35. The van der Waals surface area contributed by atoms with Gasteiger partial charge < -0.3 is 14.5 Å². The molecule has 3 aliphatic rings. The van der Waals surface area contributed by atoms with Gasteiger partial charge >= 0.3 is 0 Å². The molecule has 6 heteroatoms. The molecule has 26 heavy (non-hydrogen) atoms. The van der Waals surface area contributed by atoms with E-state index >= 15 is 0 Å². The topological polar surface area (TPSA) is 62.7 Å². The molecule has 0 aliphatic carbocycles. The van der Waals surface area contributed by atoms with Crippen LogP contribution in [0.15, 0.2) is 24.5 Å². The fraction of sp³-hybridized carbons (Fsp3) is 0.650. The standard InChI is InChI=1S/C20H27N3O3/c1-14(24)23-16-2-3-17(23)13-19(12-16)26-18-6-10-22(11-7-18)20(25)15-4-8-21-9-5-15/h4-5,8-9,16-19H,2-3,6-7,10-13H2,1H3. The zero-order chi connectivity index (χ0) is 18.1. The van der Waals surface area contributed by atoms with E-state index in [0.29, 0.717) is 17.6 Å². The van der Waals surface area contributed by atoms with Crippen LogP contribution in [0.4, 0.5) is 0 Å². The number of carbonyl (C=O) groups excluding carboxylic acids is 2. The predicted octanol–water partition coefficient (Wildman–Crippen LogP) is 2.24. The van der Waals surface area contributed by atoms with Crippen LogP contribution in [-0.2, 0) is 9.53 Å². The van der Waals surface area contributed by atoms with Crippen molar-refractivity contribution in [1.29, 1.82) is 0 Å². The maximum absolute atomic E-state index is 12.5. The van der Waals surface area contributed by atoms with Gasteiger partial charge in [0, 0.05) is 50.1 Å². The number of nitrogens with zero attached hydrogens (tertiary/aromatic N) is 3.